The van der Waals surface area contributed by atoms with Gasteiger partial charge < -0.3 is 5.32 Å². The molecule has 3 rings (SSSR count). The number of anilines is 1. The summed E-state index contributed by atoms with van der Waals surface area (Å²) >= 11 is 0. The Bertz CT molecular complexity index is 789. The fourth-order valence-electron chi connectivity index (χ4n) is 1.89. The van der Waals surface area contributed by atoms with Gasteiger partial charge in [-0.2, -0.15) is 4.39 Å². The summed E-state index contributed by atoms with van der Waals surface area (Å²) in [4.78, 5) is 19.5. The molecule has 0 atom stereocenters. The number of carbonyl (C=O) groups excluding carboxylic acids is 1. The monoisotopic (exact) mass is 267 g/mol. The van der Waals surface area contributed by atoms with Crippen LogP contribution < -0.4 is 5.32 Å². The Morgan fingerprint density at radius 2 is 1.85 bits per heavy atom. The number of carbonyl (C=O) groups is 1. The second kappa shape index (κ2) is 5.05. The molecule has 0 aliphatic rings. The highest BCUT2D eigenvalue weighted by Gasteiger charge is 2.12. The zero-order valence-electron chi connectivity index (χ0n) is 10.4. The zero-order valence-corrected chi connectivity index (χ0v) is 10.4. The molecule has 0 bridgehead atoms. The highest BCUT2D eigenvalue weighted by atomic mass is 19.1. The van der Waals surface area contributed by atoms with Crippen LogP contribution in [0.3, 0.4) is 0 Å². The number of nitrogens with one attached hydrogen (secondary N) is 1. The van der Waals surface area contributed by atoms with Gasteiger partial charge in [-0.3, -0.25) is 4.79 Å². The molecule has 0 radical (unpaired) electrons. The molecule has 0 saturated heterocycles. The molecule has 0 spiro atoms. The van der Waals surface area contributed by atoms with E-state index in [0.717, 1.165) is 10.8 Å². The quantitative estimate of drug-likeness (QED) is 0.726. The van der Waals surface area contributed by atoms with E-state index in [-0.39, 0.29) is 5.56 Å². The van der Waals surface area contributed by atoms with E-state index in [4.69, 9.17) is 0 Å². The van der Waals surface area contributed by atoms with E-state index in [2.05, 4.69) is 15.3 Å². The van der Waals surface area contributed by atoms with Crippen LogP contribution in [0.5, 0.6) is 0 Å². The van der Waals surface area contributed by atoms with E-state index < -0.39 is 11.9 Å². The molecule has 98 valence electrons. The molecule has 1 aromatic carbocycles. The Labute approximate surface area is 114 Å². The standard InChI is InChI=1S/C15H10FN3O/c16-14-12(6-3-7-17-14)15(20)19-13-8-10-4-1-2-5-11(10)9-18-13/h1-9H,(H,18,19,20). The Kier molecular flexibility index (Phi) is 3.09. The van der Waals surface area contributed by atoms with Crippen molar-refractivity contribution in [3.8, 4) is 0 Å². The number of aromatic nitrogens is 2. The van der Waals surface area contributed by atoms with Crippen LogP contribution in [-0.2, 0) is 0 Å². The molecule has 1 N–H and O–H groups in total. The molecule has 3 aromatic rings. The molecule has 4 nitrogen and oxygen atoms in total. The average molecular weight is 267 g/mol. The van der Waals surface area contributed by atoms with Gasteiger partial charge in [0.25, 0.3) is 5.91 Å². The summed E-state index contributed by atoms with van der Waals surface area (Å²) in [6.45, 7) is 0. The van der Waals surface area contributed by atoms with Crippen molar-refractivity contribution in [2.75, 3.05) is 5.32 Å². The van der Waals surface area contributed by atoms with Crippen molar-refractivity contribution in [2.45, 2.75) is 0 Å². The van der Waals surface area contributed by atoms with Crippen LogP contribution in [-0.4, -0.2) is 15.9 Å². The molecule has 20 heavy (non-hydrogen) atoms. The number of rotatable bonds is 2. The second-order valence-corrected chi connectivity index (χ2v) is 4.21. The first kappa shape index (κ1) is 12.2. The predicted octanol–water partition coefficient (Wildman–Crippen LogP) is 3.02. The summed E-state index contributed by atoms with van der Waals surface area (Å²) in [6.07, 6.45) is 2.95. The Hall–Kier alpha value is -2.82. The largest absolute Gasteiger partial charge is 0.306 e. The molecule has 0 saturated carbocycles. The van der Waals surface area contributed by atoms with E-state index in [1.54, 1.807) is 12.3 Å². The van der Waals surface area contributed by atoms with Crippen molar-refractivity contribution in [1.29, 1.82) is 0 Å². The van der Waals surface area contributed by atoms with Gasteiger partial charge in [0, 0.05) is 17.8 Å². The van der Waals surface area contributed by atoms with Gasteiger partial charge in [-0.05, 0) is 23.6 Å². The number of hydrogen-bond acceptors (Lipinski definition) is 3. The summed E-state index contributed by atoms with van der Waals surface area (Å²) in [7, 11) is 0. The van der Waals surface area contributed by atoms with Crippen molar-refractivity contribution in [1.82, 2.24) is 9.97 Å². The lowest BCUT2D eigenvalue weighted by molar-refractivity contribution is 0.102. The van der Waals surface area contributed by atoms with Gasteiger partial charge in [0.15, 0.2) is 0 Å². The lowest BCUT2D eigenvalue weighted by Gasteiger charge is -2.05. The third kappa shape index (κ3) is 2.33. The molecule has 5 heteroatoms. The number of fused-ring (bicyclic) bond motifs is 1. The molecule has 2 heterocycles. The van der Waals surface area contributed by atoms with E-state index in [0.29, 0.717) is 5.82 Å². The SMILES string of the molecule is O=C(Nc1cc2ccccc2cn1)c1cccnc1F. The second-order valence-electron chi connectivity index (χ2n) is 4.21. The van der Waals surface area contributed by atoms with Gasteiger partial charge in [-0.25, -0.2) is 9.97 Å². The van der Waals surface area contributed by atoms with Gasteiger partial charge in [0.1, 0.15) is 5.82 Å². The molecular weight excluding hydrogens is 257 g/mol. The van der Waals surface area contributed by atoms with Crippen LogP contribution in [0.1, 0.15) is 10.4 Å². The van der Waals surface area contributed by atoms with Crippen molar-refractivity contribution < 1.29 is 9.18 Å². The highest BCUT2D eigenvalue weighted by Crippen LogP contribution is 2.16. The zero-order chi connectivity index (χ0) is 13.9. The minimum Gasteiger partial charge on any atom is -0.306 e. The highest BCUT2D eigenvalue weighted by molar-refractivity contribution is 6.04. The fourth-order valence-corrected chi connectivity index (χ4v) is 1.89. The van der Waals surface area contributed by atoms with Crippen LogP contribution in [0, 0.1) is 5.95 Å². The van der Waals surface area contributed by atoms with Crippen molar-refractivity contribution >= 4 is 22.5 Å². The first-order valence-electron chi connectivity index (χ1n) is 6.01. The van der Waals surface area contributed by atoms with Gasteiger partial charge in [0.2, 0.25) is 5.95 Å². The lowest BCUT2D eigenvalue weighted by atomic mass is 10.2. The molecule has 2 aromatic heterocycles. The molecule has 0 aliphatic carbocycles. The normalized spacial score (nSPS) is 10.4. The summed E-state index contributed by atoms with van der Waals surface area (Å²) in [5.74, 6) is -0.999. The van der Waals surface area contributed by atoms with Gasteiger partial charge >= 0.3 is 0 Å². The lowest BCUT2D eigenvalue weighted by Crippen LogP contribution is -2.15. The summed E-state index contributed by atoms with van der Waals surface area (Å²) in [5, 5.41) is 4.48. The van der Waals surface area contributed by atoms with Gasteiger partial charge in [0.05, 0.1) is 5.56 Å². The molecule has 0 aliphatic heterocycles. The average Bonchev–Trinajstić information content (AvgIpc) is 2.47. The van der Waals surface area contributed by atoms with Gasteiger partial charge in [-0.1, -0.05) is 24.3 Å². The summed E-state index contributed by atoms with van der Waals surface area (Å²) < 4.78 is 13.4. The maximum Gasteiger partial charge on any atom is 0.261 e. The number of amides is 1. The number of benzene rings is 1. The predicted molar refractivity (Wildman–Crippen MR) is 73.9 cm³/mol. The summed E-state index contributed by atoms with van der Waals surface area (Å²) in [5.41, 5.74) is -0.109. The Morgan fingerprint density at radius 1 is 1.05 bits per heavy atom. The first-order chi connectivity index (χ1) is 9.74. The molecule has 1 amide bonds. The van der Waals surface area contributed by atoms with Crippen molar-refractivity contribution in [3.63, 3.8) is 0 Å². The van der Waals surface area contributed by atoms with Crippen LogP contribution >= 0.6 is 0 Å². The number of pyridine rings is 2. The maximum atomic E-state index is 13.4. The Morgan fingerprint density at radius 3 is 2.65 bits per heavy atom. The molecule has 0 fully saturated rings. The van der Waals surface area contributed by atoms with Gasteiger partial charge in [-0.15, -0.1) is 0 Å². The molecular formula is C15H10FN3O. The minimum atomic E-state index is -0.800. The fraction of sp³-hybridized carbons (Fsp3) is 0. The Balaban J connectivity index is 1.89. The van der Waals surface area contributed by atoms with E-state index in [1.165, 1.54) is 18.3 Å². The van der Waals surface area contributed by atoms with Crippen LogP contribution in [0.2, 0.25) is 0 Å². The van der Waals surface area contributed by atoms with E-state index in [1.807, 2.05) is 24.3 Å². The minimum absolute atomic E-state index is 0.109. The number of halogens is 1. The number of nitrogens with zero attached hydrogens (tertiary/aromatic N) is 2. The van der Waals surface area contributed by atoms with Crippen LogP contribution in [0.25, 0.3) is 10.8 Å². The van der Waals surface area contributed by atoms with Crippen molar-refractivity contribution in [2.24, 2.45) is 0 Å². The smallest absolute Gasteiger partial charge is 0.261 e. The first-order valence-corrected chi connectivity index (χ1v) is 6.01. The van der Waals surface area contributed by atoms with Crippen LogP contribution in [0.4, 0.5) is 10.2 Å². The van der Waals surface area contributed by atoms with Crippen LogP contribution in [0.15, 0.2) is 54.9 Å². The summed E-state index contributed by atoms with van der Waals surface area (Å²) in [6, 6.07) is 12.3. The topological polar surface area (TPSA) is 54.9 Å². The molecule has 0 unspecified atom stereocenters. The maximum absolute atomic E-state index is 13.4. The third-order valence-corrected chi connectivity index (χ3v) is 2.88. The van der Waals surface area contributed by atoms with E-state index >= 15 is 0 Å². The number of hydrogen-bond donors (Lipinski definition) is 1. The van der Waals surface area contributed by atoms with Crippen molar-refractivity contribution in [3.05, 3.63) is 66.4 Å². The van der Waals surface area contributed by atoms with E-state index in [9.17, 15) is 9.18 Å². The third-order valence-electron chi connectivity index (χ3n) is 2.88.